The normalized spacial score (nSPS) is 12.2. The van der Waals surface area contributed by atoms with Gasteiger partial charge in [-0.1, -0.05) is 0 Å². The van der Waals surface area contributed by atoms with Crippen LogP contribution in [0.4, 0.5) is 0 Å². The Hall–Kier alpha value is -4.00. The van der Waals surface area contributed by atoms with Crippen LogP contribution in [-0.2, 0) is 31.4 Å². The highest BCUT2D eigenvalue weighted by molar-refractivity contribution is 7.72. The van der Waals surface area contributed by atoms with Gasteiger partial charge in [-0.3, -0.25) is 4.79 Å². The summed E-state index contributed by atoms with van der Waals surface area (Å²) in [5, 5.41) is 48.1. The Morgan fingerprint density at radius 3 is 2.00 bits per heavy atom. The summed E-state index contributed by atoms with van der Waals surface area (Å²) in [4.78, 5) is 35.4. The van der Waals surface area contributed by atoms with E-state index in [4.69, 9.17) is 9.47 Å². The zero-order chi connectivity index (χ0) is 26.7. The smallest absolute Gasteiger partial charge is 0.344 e. The Morgan fingerprint density at radius 1 is 0.886 bits per heavy atom. The summed E-state index contributed by atoms with van der Waals surface area (Å²) in [5.41, 5.74) is -2.93. The first-order chi connectivity index (χ1) is 16.1. The number of hydrogen-bond donors (Lipinski definition) is 6. The number of carboxylic acids is 1. The quantitative estimate of drug-likeness (QED) is 0.130. The topological polar surface area (TPSA) is 205 Å². The van der Waals surface area contributed by atoms with Crippen LogP contribution in [0.15, 0.2) is 24.3 Å². The Bertz CT molecular complexity index is 1230. The first-order valence-electron chi connectivity index (χ1n) is 9.95. The third-order valence-electron chi connectivity index (χ3n) is 4.77. The van der Waals surface area contributed by atoms with Crippen LogP contribution in [-0.4, -0.2) is 58.7 Å². The molecule has 0 heterocycles. The number of aromatic hydroxyl groups is 4. The number of benzene rings is 2. The third-order valence-corrected chi connectivity index (χ3v) is 5.74. The van der Waals surface area contributed by atoms with Gasteiger partial charge in [0.25, 0.3) is 0 Å². The number of phenolic OH excluding ortho intramolecular Hbond substituents is 3. The lowest BCUT2D eigenvalue weighted by molar-refractivity contribution is -0.161. The molecule has 0 aliphatic rings. The molecule has 13 heteroatoms. The molecule has 0 bridgehead atoms. The number of carbonyl (C=O) groups excluding carboxylic acids is 2. The maximum Gasteiger partial charge on any atom is 0.344 e. The van der Waals surface area contributed by atoms with Gasteiger partial charge in [-0.15, -0.1) is 0 Å². The second-order valence-electron chi connectivity index (χ2n) is 8.47. The molecule has 0 spiro atoms. The fourth-order valence-electron chi connectivity index (χ4n) is 2.98. The molecule has 2 rings (SSSR count). The summed E-state index contributed by atoms with van der Waals surface area (Å²) in [5.74, 6) is -6.36. The van der Waals surface area contributed by atoms with E-state index in [0.29, 0.717) is 0 Å². The van der Waals surface area contributed by atoms with Crippen LogP contribution in [0, 0.1) is 5.41 Å². The van der Waals surface area contributed by atoms with Crippen molar-refractivity contribution in [2.24, 2.45) is 5.41 Å². The lowest BCUT2D eigenvalue weighted by atomic mass is 9.97. The monoisotopic (exact) mass is 512 g/mol. The van der Waals surface area contributed by atoms with Crippen LogP contribution in [0.25, 0.3) is 0 Å². The molecule has 2 aromatic rings. The highest BCUT2D eigenvalue weighted by atomic mass is 32.2. The summed E-state index contributed by atoms with van der Waals surface area (Å²) in [6, 6.07) is 3.36. The van der Waals surface area contributed by atoms with Gasteiger partial charge in [-0.25, -0.2) is 18.0 Å². The number of carboxylic acid groups (broad SMARTS) is 1. The van der Waals surface area contributed by atoms with Crippen molar-refractivity contribution in [1.29, 1.82) is 0 Å². The second-order valence-corrected chi connectivity index (χ2v) is 9.67. The average molecular weight is 512 g/mol. The van der Waals surface area contributed by atoms with Gasteiger partial charge in [0.2, 0.25) is 6.79 Å². The van der Waals surface area contributed by atoms with E-state index < -0.39 is 92.2 Å². The van der Waals surface area contributed by atoms with Crippen LogP contribution < -0.4 is 0 Å². The molecule has 0 amide bonds. The van der Waals surface area contributed by atoms with Gasteiger partial charge in [-0.05, 0) is 51.5 Å². The molecule has 1 unspecified atom stereocenters. The van der Waals surface area contributed by atoms with E-state index in [-0.39, 0.29) is 5.56 Å². The molecule has 0 fully saturated rings. The Labute approximate surface area is 200 Å². The molecular formula is C22H24O12S. The number of carbonyl (C=O) groups is 3. The lowest BCUT2D eigenvalue weighted by Crippen LogP contribution is -2.24. The van der Waals surface area contributed by atoms with Crippen molar-refractivity contribution in [3.8, 4) is 23.0 Å². The lowest BCUT2D eigenvalue weighted by Gasteiger charge is -2.18. The minimum absolute atomic E-state index is 0.271. The summed E-state index contributed by atoms with van der Waals surface area (Å²) < 4.78 is 33.5. The van der Waals surface area contributed by atoms with Crippen LogP contribution in [0.5, 0.6) is 23.0 Å². The molecule has 0 aromatic heterocycles. The molecule has 0 saturated heterocycles. The van der Waals surface area contributed by atoms with E-state index in [1.807, 2.05) is 0 Å². The van der Waals surface area contributed by atoms with Crippen molar-refractivity contribution in [1.82, 2.24) is 0 Å². The van der Waals surface area contributed by atoms with Gasteiger partial charge < -0.3 is 35.0 Å². The number of ether oxygens (including phenoxy) is 2. The molecule has 12 nitrogen and oxygen atoms in total. The van der Waals surface area contributed by atoms with E-state index in [1.165, 1.54) is 0 Å². The minimum atomic E-state index is -3.43. The zero-order valence-electron chi connectivity index (χ0n) is 18.8. The average Bonchev–Trinajstić information content (AvgIpc) is 2.74. The SMILES string of the molecule is CC(C)(C)C(=O)OCOC(=O)c1cc(O)cc(CC(c2cc(O)cc(C(=O)O)c2O)[SH](=O)=O)c1O. The Morgan fingerprint density at radius 2 is 1.46 bits per heavy atom. The predicted molar refractivity (Wildman–Crippen MR) is 119 cm³/mol. The Kier molecular flexibility index (Phi) is 8.18. The second kappa shape index (κ2) is 10.5. The standard InChI is InChI=1S/C22H24O12S/c1-22(2,3)21(30)34-9-33-20(29)15-8-11(23)4-10(17(15)25)5-16(35(31)32)13-6-12(24)7-14(18(13)26)19(27)28/h4,6-8,16,23-26,35H,5,9H2,1-3H3,(H,27,28). The van der Waals surface area contributed by atoms with E-state index in [9.17, 15) is 48.3 Å². The van der Waals surface area contributed by atoms with Crippen LogP contribution in [0.2, 0.25) is 0 Å². The van der Waals surface area contributed by atoms with Gasteiger partial charge in [0.1, 0.15) is 44.8 Å². The van der Waals surface area contributed by atoms with E-state index in [1.54, 1.807) is 20.8 Å². The highest BCUT2D eigenvalue weighted by Gasteiger charge is 2.28. The van der Waals surface area contributed by atoms with E-state index in [0.717, 1.165) is 24.3 Å². The fourth-order valence-corrected chi connectivity index (χ4v) is 3.75. The first kappa shape index (κ1) is 27.2. The summed E-state index contributed by atoms with van der Waals surface area (Å²) in [7, 11) is -3.43. The summed E-state index contributed by atoms with van der Waals surface area (Å²) in [6.45, 7) is 3.94. The number of aromatic carboxylic acids is 1. The number of thiol groups is 1. The van der Waals surface area contributed by atoms with Crippen LogP contribution >= 0.6 is 0 Å². The van der Waals surface area contributed by atoms with E-state index in [2.05, 4.69) is 0 Å². The summed E-state index contributed by atoms with van der Waals surface area (Å²) >= 11 is 0. The minimum Gasteiger partial charge on any atom is -0.508 e. The highest BCUT2D eigenvalue weighted by Crippen LogP contribution is 2.38. The molecule has 0 aliphatic heterocycles. The van der Waals surface area contributed by atoms with Crippen molar-refractivity contribution in [3.05, 3.63) is 46.5 Å². The Balaban J connectivity index is 2.39. The van der Waals surface area contributed by atoms with Gasteiger partial charge in [-0.2, -0.15) is 0 Å². The van der Waals surface area contributed by atoms with Crippen molar-refractivity contribution < 1.29 is 57.8 Å². The summed E-state index contributed by atoms with van der Waals surface area (Å²) in [6.07, 6.45) is -0.631. The number of hydrogen-bond acceptors (Lipinski definition) is 11. The van der Waals surface area contributed by atoms with Crippen LogP contribution in [0.3, 0.4) is 0 Å². The molecule has 5 N–H and O–H groups in total. The van der Waals surface area contributed by atoms with Crippen molar-refractivity contribution in [3.63, 3.8) is 0 Å². The molecule has 2 aromatic carbocycles. The first-order valence-corrected chi connectivity index (χ1v) is 11.2. The zero-order valence-corrected chi connectivity index (χ0v) is 19.7. The molecule has 190 valence electrons. The maximum atomic E-state index is 12.4. The predicted octanol–water partition coefficient (Wildman–Crippen LogP) is 1.81. The van der Waals surface area contributed by atoms with Crippen molar-refractivity contribution >= 4 is 28.6 Å². The van der Waals surface area contributed by atoms with Crippen molar-refractivity contribution in [2.75, 3.05) is 6.79 Å². The molecule has 1 atom stereocenters. The number of phenols is 4. The van der Waals surface area contributed by atoms with Crippen molar-refractivity contribution in [2.45, 2.75) is 32.4 Å². The maximum absolute atomic E-state index is 12.4. The fraction of sp³-hybridized carbons (Fsp3) is 0.318. The molecule has 0 saturated carbocycles. The number of rotatable bonds is 8. The van der Waals surface area contributed by atoms with Gasteiger partial charge in [0.15, 0.2) is 0 Å². The molecular weight excluding hydrogens is 488 g/mol. The molecule has 0 aliphatic carbocycles. The number of esters is 2. The van der Waals surface area contributed by atoms with E-state index >= 15 is 0 Å². The van der Waals surface area contributed by atoms with Gasteiger partial charge in [0, 0.05) is 11.1 Å². The molecule has 0 radical (unpaired) electrons. The van der Waals surface area contributed by atoms with Crippen LogP contribution in [0.1, 0.15) is 57.9 Å². The molecule has 35 heavy (non-hydrogen) atoms. The van der Waals surface area contributed by atoms with Gasteiger partial charge in [0.05, 0.1) is 10.7 Å². The third kappa shape index (κ3) is 6.53. The largest absolute Gasteiger partial charge is 0.508 e. The van der Waals surface area contributed by atoms with Gasteiger partial charge >= 0.3 is 17.9 Å².